The molecule has 4 bridgehead atoms. The van der Waals surface area contributed by atoms with Crippen molar-refractivity contribution in [3.8, 4) is 6.07 Å². The van der Waals surface area contributed by atoms with Gasteiger partial charge in [-0.05, 0) is 87.4 Å². The quantitative estimate of drug-likeness (QED) is 0.399. The molecule has 7 fully saturated rings. The second-order valence-electron chi connectivity index (χ2n) is 15.1. The molecule has 0 radical (unpaired) electrons. The van der Waals surface area contributed by atoms with Crippen LogP contribution in [0.5, 0.6) is 0 Å². The van der Waals surface area contributed by atoms with E-state index < -0.39 is 53.5 Å². The Bertz CT molecular complexity index is 1240. The van der Waals surface area contributed by atoms with Gasteiger partial charge in [0.2, 0.25) is 17.7 Å². The van der Waals surface area contributed by atoms with E-state index in [-0.39, 0.29) is 48.3 Å². The van der Waals surface area contributed by atoms with E-state index in [9.17, 15) is 37.6 Å². The number of fused-ring (bicyclic) bond motifs is 1. The molecule has 8 unspecified atom stereocenters. The van der Waals surface area contributed by atoms with Gasteiger partial charge in [-0.25, -0.2) is 0 Å². The number of carbonyl (C=O) groups excluding carboxylic acids is 4. The number of rotatable bonds is 7. The third-order valence-corrected chi connectivity index (χ3v) is 11.9. The van der Waals surface area contributed by atoms with Crippen molar-refractivity contribution in [1.29, 1.82) is 5.26 Å². The molecule has 10 nitrogen and oxygen atoms in total. The molecule has 0 aromatic heterocycles. The summed E-state index contributed by atoms with van der Waals surface area (Å²) in [6.07, 6.45) is -1.78. The van der Waals surface area contributed by atoms with Gasteiger partial charge in [-0.15, -0.1) is 0 Å². The van der Waals surface area contributed by atoms with Gasteiger partial charge >= 0.3 is 12.1 Å². The van der Waals surface area contributed by atoms with Gasteiger partial charge in [0, 0.05) is 18.4 Å². The van der Waals surface area contributed by atoms with Crippen LogP contribution in [0.25, 0.3) is 0 Å². The molecular formula is C31H42F3N5O5. The van der Waals surface area contributed by atoms with E-state index in [0.29, 0.717) is 37.0 Å². The van der Waals surface area contributed by atoms with Crippen LogP contribution in [0.15, 0.2) is 0 Å². The van der Waals surface area contributed by atoms with Crippen LogP contribution in [0.3, 0.4) is 0 Å². The number of piperidine rings is 1. The largest absolute Gasteiger partial charge is 0.471 e. The van der Waals surface area contributed by atoms with Crippen LogP contribution < -0.4 is 16.0 Å². The highest BCUT2D eigenvalue weighted by molar-refractivity contribution is 5.95. The minimum atomic E-state index is -5.16. The average molecular weight is 622 g/mol. The van der Waals surface area contributed by atoms with Crippen molar-refractivity contribution in [2.24, 2.45) is 40.4 Å². The lowest BCUT2D eigenvalue weighted by Crippen LogP contribution is -2.65. The number of hydrogen-bond acceptors (Lipinski definition) is 6. The molecule has 13 heteroatoms. The van der Waals surface area contributed by atoms with Gasteiger partial charge in [0.25, 0.3) is 0 Å². The molecule has 0 aromatic rings. The van der Waals surface area contributed by atoms with Crippen LogP contribution in [0.4, 0.5) is 13.2 Å². The van der Waals surface area contributed by atoms with Gasteiger partial charge in [-0.3, -0.25) is 19.2 Å². The van der Waals surface area contributed by atoms with Gasteiger partial charge in [0.1, 0.15) is 24.2 Å². The molecule has 4 amide bonds. The standard InChI is InChI=1S/C31H42F3N5O5/c1-14-15(2)44-21(25(40)36-14)8-19(12-35)37-26(41)23-22-20(29(22,3)4)13-39(23)27(42)24(38-28(43)31(32,33)34)30-9-16-5-17(10-30)7-18(6-16)11-30/h14-24H,5-11,13H2,1-4H3,(H,36,40)(H,37,41)(H,38,43). The topological polar surface area (TPSA) is 141 Å². The SMILES string of the molecule is CC1NC(=O)C(CC(C#N)NC(=O)C2C3C(CN2C(=O)C(NC(=O)C(F)(F)F)C24CC5CC(CC(C5)C2)C4)C3(C)C)OC1C. The average Bonchev–Trinajstić information content (AvgIpc) is 3.25. The fraction of sp³-hybridized carbons (Fsp3) is 0.839. The monoisotopic (exact) mass is 621 g/mol. The highest BCUT2D eigenvalue weighted by Gasteiger charge is 2.70. The molecule has 2 saturated heterocycles. The van der Waals surface area contributed by atoms with Crippen LogP contribution in [-0.4, -0.2) is 77.6 Å². The van der Waals surface area contributed by atoms with Crippen molar-refractivity contribution in [3.05, 3.63) is 0 Å². The number of ether oxygens (including phenoxy) is 1. The summed E-state index contributed by atoms with van der Waals surface area (Å²) in [4.78, 5) is 54.5. The first-order valence-electron chi connectivity index (χ1n) is 15.9. The zero-order valence-electron chi connectivity index (χ0n) is 25.6. The maximum Gasteiger partial charge on any atom is 0.471 e. The van der Waals surface area contributed by atoms with Crippen molar-refractivity contribution in [3.63, 3.8) is 0 Å². The molecule has 44 heavy (non-hydrogen) atoms. The summed E-state index contributed by atoms with van der Waals surface area (Å²) in [5.41, 5.74) is -1.07. The number of nitrogens with one attached hydrogen (secondary N) is 3. The molecule has 7 aliphatic rings. The lowest BCUT2D eigenvalue weighted by atomic mass is 9.47. The molecule has 5 aliphatic carbocycles. The molecule has 2 aliphatic heterocycles. The first-order valence-corrected chi connectivity index (χ1v) is 15.9. The number of nitriles is 1. The Labute approximate surface area is 255 Å². The Morgan fingerprint density at radius 3 is 2.23 bits per heavy atom. The van der Waals surface area contributed by atoms with E-state index in [1.165, 1.54) is 4.90 Å². The lowest BCUT2D eigenvalue weighted by molar-refractivity contribution is -0.179. The second-order valence-corrected chi connectivity index (χ2v) is 15.1. The summed E-state index contributed by atoms with van der Waals surface area (Å²) in [5.74, 6) is -3.14. The normalized spacial score (nSPS) is 41.2. The molecule has 3 N–H and O–H groups in total. The molecule has 2 heterocycles. The van der Waals surface area contributed by atoms with Crippen LogP contribution in [0.1, 0.15) is 72.6 Å². The summed E-state index contributed by atoms with van der Waals surface area (Å²) < 4.78 is 46.5. The number of alkyl halides is 3. The molecule has 242 valence electrons. The van der Waals surface area contributed by atoms with E-state index in [1.807, 2.05) is 19.9 Å². The summed E-state index contributed by atoms with van der Waals surface area (Å²) in [6, 6.07) is -1.69. The molecule has 5 saturated carbocycles. The Morgan fingerprint density at radius 1 is 1.09 bits per heavy atom. The number of nitrogens with zero attached hydrogens (tertiary/aromatic N) is 2. The van der Waals surface area contributed by atoms with Gasteiger partial charge in [0.05, 0.1) is 18.2 Å². The third kappa shape index (κ3) is 5.24. The number of carbonyl (C=O) groups is 4. The fourth-order valence-corrected chi connectivity index (χ4v) is 9.85. The first-order chi connectivity index (χ1) is 20.5. The van der Waals surface area contributed by atoms with Crippen LogP contribution in [0.2, 0.25) is 0 Å². The number of likely N-dealkylation sites (tertiary alicyclic amines) is 1. The molecular weight excluding hydrogens is 579 g/mol. The van der Waals surface area contributed by atoms with Gasteiger partial charge < -0.3 is 25.6 Å². The van der Waals surface area contributed by atoms with Crippen molar-refractivity contribution in [2.45, 2.75) is 115 Å². The minimum Gasteiger partial charge on any atom is -0.363 e. The van der Waals surface area contributed by atoms with Gasteiger partial charge in [0.15, 0.2) is 0 Å². The Morgan fingerprint density at radius 2 is 1.68 bits per heavy atom. The van der Waals surface area contributed by atoms with Crippen LogP contribution in [-0.2, 0) is 23.9 Å². The molecule has 0 spiro atoms. The lowest BCUT2D eigenvalue weighted by Gasteiger charge is -2.59. The van der Waals surface area contributed by atoms with E-state index in [4.69, 9.17) is 4.74 Å². The van der Waals surface area contributed by atoms with Crippen LogP contribution >= 0.6 is 0 Å². The van der Waals surface area contributed by atoms with Crippen molar-refractivity contribution in [2.75, 3.05) is 6.54 Å². The predicted octanol–water partition coefficient (Wildman–Crippen LogP) is 2.42. The van der Waals surface area contributed by atoms with E-state index >= 15 is 0 Å². The molecule has 7 rings (SSSR count). The maximum absolute atomic E-state index is 14.4. The Hall–Kier alpha value is -2.88. The van der Waals surface area contributed by atoms with Gasteiger partial charge in [-0.2, -0.15) is 18.4 Å². The number of hydrogen-bond donors (Lipinski definition) is 3. The first kappa shape index (κ1) is 31.1. The predicted molar refractivity (Wildman–Crippen MR) is 149 cm³/mol. The second kappa shape index (κ2) is 10.6. The van der Waals surface area contributed by atoms with Crippen LogP contribution in [0, 0.1) is 51.8 Å². The summed E-state index contributed by atoms with van der Waals surface area (Å²) in [5, 5.41) is 17.5. The maximum atomic E-state index is 14.4. The molecule has 8 atom stereocenters. The Balaban J connectivity index is 1.24. The number of morpholine rings is 1. The molecule has 0 aromatic carbocycles. The fourth-order valence-electron chi connectivity index (χ4n) is 9.85. The van der Waals surface area contributed by atoms with E-state index in [2.05, 4.69) is 16.0 Å². The Kier molecular flexibility index (Phi) is 7.49. The number of halogens is 3. The summed E-state index contributed by atoms with van der Waals surface area (Å²) >= 11 is 0. The summed E-state index contributed by atoms with van der Waals surface area (Å²) in [6.45, 7) is 7.75. The highest BCUT2D eigenvalue weighted by Crippen LogP contribution is 2.66. The minimum absolute atomic E-state index is 0.0483. The summed E-state index contributed by atoms with van der Waals surface area (Å²) in [7, 11) is 0. The van der Waals surface area contributed by atoms with Crippen molar-refractivity contribution in [1.82, 2.24) is 20.9 Å². The number of amides is 4. The van der Waals surface area contributed by atoms with Gasteiger partial charge in [-0.1, -0.05) is 13.8 Å². The van der Waals surface area contributed by atoms with E-state index in [0.717, 1.165) is 19.3 Å². The highest BCUT2D eigenvalue weighted by atomic mass is 19.4. The smallest absolute Gasteiger partial charge is 0.363 e. The van der Waals surface area contributed by atoms with Crippen molar-refractivity contribution >= 4 is 23.6 Å². The zero-order chi connectivity index (χ0) is 31.9. The third-order valence-electron chi connectivity index (χ3n) is 11.9. The van der Waals surface area contributed by atoms with Crippen molar-refractivity contribution < 1.29 is 37.1 Å². The zero-order valence-corrected chi connectivity index (χ0v) is 25.6. The van der Waals surface area contributed by atoms with E-state index in [1.54, 1.807) is 13.8 Å².